The molecule has 3 N–H and O–H groups in total. The van der Waals surface area contributed by atoms with Crippen LogP contribution in [0.2, 0.25) is 0 Å². The Bertz CT molecular complexity index is 908. The summed E-state index contributed by atoms with van der Waals surface area (Å²) in [6, 6.07) is 5.50. The van der Waals surface area contributed by atoms with E-state index in [2.05, 4.69) is 9.89 Å². The van der Waals surface area contributed by atoms with Gasteiger partial charge in [-0.1, -0.05) is 0 Å². The molecular formula is C23H30N3O5+. The number of ether oxygens (including phenoxy) is 1. The zero-order chi connectivity index (χ0) is 21.5. The van der Waals surface area contributed by atoms with Crippen molar-refractivity contribution in [3.05, 3.63) is 29.3 Å². The summed E-state index contributed by atoms with van der Waals surface area (Å²) in [5, 5.41) is 20.0. The maximum atomic E-state index is 12.9. The fourth-order valence-corrected chi connectivity index (χ4v) is 5.50. The molecule has 1 unspecified atom stereocenters. The molecule has 1 saturated heterocycles. The van der Waals surface area contributed by atoms with Crippen LogP contribution in [0.3, 0.4) is 0 Å². The topological polar surface area (TPSA) is 104 Å². The number of piperidine rings is 1. The van der Waals surface area contributed by atoms with Crippen molar-refractivity contribution in [2.75, 3.05) is 13.1 Å². The van der Waals surface area contributed by atoms with Crippen molar-refractivity contribution in [3.63, 3.8) is 0 Å². The number of nitrogens with one attached hydrogen (secondary N) is 1. The molecule has 31 heavy (non-hydrogen) atoms. The molecule has 1 aromatic rings. The van der Waals surface area contributed by atoms with Gasteiger partial charge in [-0.2, -0.15) is 0 Å². The zero-order valence-corrected chi connectivity index (χ0v) is 17.6. The molecule has 5 rings (SSSR count). The summed E-state index contributed by atoms with van der Waals surface area (Å²) in [6.07, 6.45) is 5.56. The van der Waals surface area contributed by atoms with E-state index in [1.165, 1.54) is 0 Å². The van der Waals surface area contributed by atoms with E-state index in [1.54, 1.807) is 4.90 Å². The van der Waals surface area contributed by atoms with Crippen LogP contribution in [0.1, 0.15) is 60.9 Å². The smallest absolute Gasteiger partial charge is 0.388 e. The lowest BCUT2D eigenvalue weighted by atomic mass is 10.0. The predicted molar refractivity (Wildman–Crippen MR) is 112 cm³/mol. The number of aliphatic hydroxyl groups is 2. The monoisotopic (exact) mass is 428 g/mol. The maximum absolute atomic E-state index is 12.9. The van der Waals surface area contributed by atoms with Crippen LogP contribution in [0.25, 0.3) is 0 Å². The third-order valence-corrected chi connectivity index (χ3v) is 7.19. The summed E-state index contributed by atoms with van der Waals surface area (Å²) < 4.78 is 6.40. The first kappa shape index (κ1) is 20.5. The zero-order valence-electron chi connectivity index (χ0n) is 17.6. The Hall–Kier alpha value is -2.45. The second-order valence-corrected chi connectivity index (χ2v) is 9.16. The van der Waals surface area contributed by atoms with Crippen LogP contribution < -0.4 is 9.73 Å². The predicted octanol–water partition coefficient (Wildman–Crippen LogP) is 0.125. The van der Waals surface area contributed by atoms with Gasteiger partial charge >= 0.3 is 11.8 Å². The minimum Gasteiger partial charge on any atom is -0.489 e. The minimum atomic E-state index is -0.490. The van der Waals surface area contributed by atoms with E-state index in [-0.39, 0.29) is 29.9 Å². The number of likely N-dealkylation sites (tertiary alicyclic amines) is 1. The highest BCUT2D eigenvalue weighted by Crippen LogP contribution is 2.33. The first-order valence-corrected chi connectivity index (χ1v) is 11.4. The van der Waals surface area contributed by atoms with Gasteiger partial charge in [0.25, 0.3) is 5.91 Å². The average molecular weight is 429 g/mol. The third-order valence-electron chi connectivity index (χ3n) is 7.19. The van der Waals surface area contributed by atoms with Gasteiger partial charge in [-0.15, -0.1) is 4.99 Å². The quantitative estimate of drug-likeness (QED) is 0.630. The molecule has 0 aromatic heterocycles. The van der Waals surface area contributed by atoms with E-state index in [1.807, 2.05) is 18.2 Å². The number of amides is 2. The fraction of sp³-hybridized carbons (Fsp3) is 0.609. The SMILES string of the molecule is O=C1CCC(N2Cc3cc(O[C@@H]4CCC[C@H]4N4CCC(O)CC4)ccc3C2=O)C(O)=[NH+]1. The first-order chi connectivity index (χ1) is 15.0. The van der Waals surface area contributed by atoms with Crippen LogP contribution in [-0.2, 0) is 11.3 Å². The van der Waals surface area contributed by atoms with Crippen molar-refractivity contribution >= 4 is 17.7 Å². The van der Waals surface area contributed by atoms with Gasteiger partial charge in [0.1, 0.15) is 11.9 Å². The minimum absolute atomic E-state index is 0.118. The number of aliphatic hydroxyl groups excluding tert-OH is 2. The molecule has 0 radical (unpaired) electrons. The number of benzene rings is 1. The summed E-state index contributed by atoms with van der Waals surface area (Å²) in [4.78, 5) is 30.9. The van der Waals surface area contributed by atoms with Gasteiger partial charge in [0.2, 0.25) is 0 Å². The van der Waals surface area contributed by atoms with Crippen LogP contribution in [0.15, 0.2) is 18.2 Å². The van der Waals surface area contributed by atoms with Crippen LogP contribution in [0.4, 0.5) is 0 Å². The lowest BCUT2D eigenvalue weighted by Crippen LogP contribution is -2.82. The number of nitrogens with zero attached hydrogens (tertiary/aromatic N) is 2. The fourth-order valence-electron chi connectivity index (χ4n) is 5.50. The number of fused-ring (bicyclic) bond motifs is 1. The van der Waals surface area contributed by atoms with Crippen LogP contribution >= 0.6 is 0 Å². The van der Waals surface area contributed by atoms with E-state index in [4.69, 9.17) is 4.74 Å². The summed E-state index contributed by atoms with van der Waals surface area (Å²) in [6.45, 7) is 2.22. The summed E-state index contributed by atoms with van der Waals surface area (Å²) >= 11 is 0. The number of carbonyl (C=O) groups is 2. The molecule has 166 valence electrons. The van der Waals surface area contributed by atoms with Gasteiger partial charge in [-0.05, 0) is 62.3 Å². The van der Waals surface area contributed by atoms with Gasteiger partial charge in [0, 0.05) is 31.2 Å². The van der Waals surface area contributed by atoms with E-state index < -0.39 is 6.04 Å². The Balaban J connectivity index is 1.28. The Morgan fingerprint density at radius 3 is 2.65 bits per heavy atom. The Kier molecular flexibility index (Phi) is 5.44. The van der Waals surface area contributed by atoms with Crippen LogP contribution in [0.5, 0.6) is 5.75 Å². The lowest BCUT2D eigenvalue weighted by Gasteiger charge is -2.37. The van der Waals surface area contributed by atoms with Crippen molar-refractivity contribution in [3.8, 4) is 5.75 Å². The molecule has 1 aliphatic carbocycles. The second-order valence-electron chi connectivity index (χ2n) is 9.16. The number of hydrogen-bond donors (Lipinski definition) is 3. The van der Waals surface area contributed by atoms with E-state index in [0.29, 0.717) is 31.0 Å². The number of carbonyl (C=O) groups excluding carboxylic acids is 2. The van der Waals surface area contributed by atoms with Gasteiger partial charge in [-0.25, -0.2) is 4.79 Å². The largest absolute Gasteiger partial charge is 0.489 e. The first-order valence-electron chi connectivity index (χ1n) is 11.4. The summed E-state index contributed by atoms with van der Waals surface area (Å²) in [7, 11) is 0. The molecule has 3 heterocycles. The molecule has 8 heteroatoms. The Morgan fingerprint density at radius 2 is 1.87 bits per heavy atom. The third kappa shape index (κ3) is 3.94. The molecular weight excluding hydrogens is 398 g/mol. The van der Waals surface area contributed by atoms with Gasteiger partial charge < -0.3 is 19.8 Å². The Morgan fingerprint density at radius 1 is 1.06 bits per heavy atom. The van der Waals surface area contributed by atoms with Crippen molar-refractivity contribution in [2.45, 2.75) is 75.8 Å². The van der Waals surface area contributed by atoms with E-state index in [9.17, 15) is 19.8 Å². The molecule has 3 aliphatic heterocycles. The van der Waals surface area contributed by atoms with Crippen molar-refractivity contribution in [1.82, 2.24) is 9.80 Å². The van der Waals surface area contributed by atoms with E-state index >= 15 is 0 Å². The molecule has 1 saturated carbocycles. The van der Waals surface area contributed by atoms with Crippen molar-refractivity contribution in [2.24, 2.45) is 0 Å². The maximum Gasteiger partial charge on any atom is 0.388 e. The standard InChI is InChI=1S/C23H29N3O5/c27-15-8-10-25(11-9-15)18-2-1-3-20(18)31-16-4-5-17-14(12-16)13-26(23(17)30)19-6-7-21(28)24-22(19)29/h4-5,12,15,18-20,27H,1-3,6-11,13H2,(H,24,28,29)/p+1/t18-,19?,20-/m1/s1. The molecule has 2 amide bonds. The normalized spacial score (nSPS) is 29.9. The highest BCUT2D eigenvalue weighted by atomic mass is 16.5. The van der Waals surface area contributed by atoms with Crippen molar-refractivity contribution < 1.29 is 29.5 Å². The molecule has 2 fully saturated rings. The molecule has 3 atom stereocenters. The number of hydrogen-bond acceptors (Lipinski definition) is 5. The lowest BCUT2D eigenvalue weighted by molar-refractivity contribution is -0.394. The highest BCUT2D eigenvalue weighted by molar-refractivity contribution is 6.01. The van der Waals surface area contributed by atoms with Gasteiger partial charge in [-0.3, -0.25) is 9.69 Å². The molecule has 0 bridgehead atoms. The Labute approximate surface area is 181 Å². The molecule has 0 spiro atoms. The van der Waals surface area contributed by atoms with Crippen LogP contribution in [0, 0.1) is 0 Å². The summed E-state index contributed by atoms with van der Waals surface area (Å²) in [5.74, 6) is 0.282. The molecule has 8 nitrogen and oxygen atoms in total. The summed E-state index contributed by atoms with van der Waals surface area (Å²) in [5.41, 5.74) is 1.52. The second kappa shape index (κ2) is 8.24. The van der Waals surface area contributed by atoms with Gasteiger partial charge in [0.15, 0.2) is 6.04 Å². The average Bonchev–Trinajstić information content (AvgIpc) is 3.33. The molecule has 1 aromatic carbocycles. The van der Waals surface area contributed by atoms with Crippen molar-refractivity contribution in [1.29, 1.82) is 0 Å². The van der Waals surface area contributed by atoms with Gasteiger partial charge in [0.05, 0.1) is 12.5 Å². The molecule has 4 aliphatic rings. The highest BCUT2D eigenvalue weighted by Gasteiger charge is 2.41. The number of rotatable bonds is 4. The van der Waals surface area contributed by atoms with E-state index in [0.717, 1.165) is 56.5 Å². The van der Waals surface area contributed by atoms with Crippen LogP contribution in [-0.4, -0.2) is 75.1 Å².